The molecule has 7 nitrogen and oxygen atoms in total. The molecule has 1 aliphatic heterocycles. The molecule has 0 spiro atoms. The number of hydrogen-bond donors (Lipinski definition) is 0. The summed E-state index contributed by atoms with van der Waals surface area (Å²) >= 11 is 1.53. The summed E-state index contributed by atoms with van der Waals surface area (Å²) in [7, 11) is 1.56. The molecular weight excluding hydrogens is 342 g/mol. The van der Waals surface area contributed by atoms with Crippen LogP contribution in [0.25, 0.3) is 10.2 Å². The van der Waals surface area contributed by atoms with Gasteiger partial charge in [-0.3, -0.25) is 4.79 Å². The third-order valence-electron chi connectivity index (χ3n) is 3.85. The number of rotatable bonds is 4. The van der Waals surface area contributed by atoms with Crippen LogP contribution in [0.5, 0.6) is 17.2 Å². The van der Waals surface area contributed by atoms with Crippen molar-refractivity contribution in [2.24, 2.45) is 5.10 Å². The summed E-state index contributed by atoms with van der Waals surface area (Å²) in [6.45, 7) is 2.21. The highest BCUT2D eigenvalue weighted by Crippen LogP contribution is 2.41. The number of fused-ring (bicyclic) bond motifs is 2. The molecule has 0 N–H and O–H groups in total. The SMILES string of the molecule is CCc1cc2c(=O)n(/N=C\c3cc(OC)c4c(c3)OCO4)cnc2s1. The molecule has 3 heterocycles. The summed E-state index contributed by atoms with van der Waals surface area (Å²) in [4.78, 5) is 18.7. The molecule has 0 radical (unpaired) electrons. The third kappa shape index (κ3) is 2.74. The van der Waals surface area contributed by atoms with Crippen LogP contribution >= 0.6 is 11.3 Å². The van der Waals surface area contributed by atoms with Gasteiger partial charge in [-0.2, -0.15) is 9.78 Å². The zero-order valence-corrected chi connectivity index (χ0v) is 14.5. The molecule has 0 saturated carbocycles. The molecular formula is C17H15N3O4S. The van der Waals surface area contributed by atoms with Crippen LogP contribution in [0.2, 0.25) is 0 Å². The molecule has 0 unspecified atom stereocenters. The third-order valence-corrected chi connectivity index (χ3v) is 5.03. The van der Waals surface area contributed by atoms with Gasteiger partial charge >= 0.3 is 0 Å². The molecule has 1 aromatic carbocycles. The highest BCUT2D eigenvalue weighted by atomic mass is 32.1. The predicted octanol–water partition coefficient (Wildman–Crippen LogP) is 2.64. The lowest BCUT2D eigenvalue weighted by molar-refractivity contribution is 0.171. The van der Waals surface area contributed by atoms with E-state index in [0.29, 0.717) is 22.6 Å². The van der Waals surface area contributed by atoms with Gasteiger partial charge in [0.15, 0.2) is 11.5 Å². The number of hydrogen-bond acceptors (Lipinski definition) is 7. The second-order valence-corrected chi connectivity index (χ2v) is 6.50. The maximum absolute atomic E-state index is 12.5. The fourth-order valence-corrected chi connectivity index (χ4v) is 3.50. The van der Waals surface area contributed by atoms with Crippen molar-refractivity contribution in [1.29, 1.82) is 0 Å². The quantitative estimate of drug-likeness (QED) is 0.671. The standard InChI is InChI=1S/C17H15N3O4S/c1-3-11-6-12-16(25-11)18-8-20(17(12)21)19-7-10-4-13(22-2)15-14(5-10)23-9-24-15/h4-8H,3,9H2,1-2H3/b19-7-. The van der Waals surface area contributed by atoms with Crippen LogP contribution in [0.3, 0.4) is 0 Å². The molecule has 0 bridgehead atoms. The van der Waals surface area contributed by atoms with Gasteiger partial charge in [0, 0.05) is 10.4 Å². The topological polar surface area (TPSA) is 74.9 Å². The van der Waals surface area contributed by atoms with Gasteiger partial charge in [0.25, 0.3) is 5.56 Å². The summed E-state index contributed by atoms with van der Waals surface area (Å²) in [6.07, 6.45) is 3.87. The maximum Gasteiger partial charge on any atom is 0.282 e. The van der Waals surface area contributed by atoms with E-state index >= 15 is 0 Å². The van der Waals surface area contributed by atoms with Gasteiger partial charge in [-0.1, -0.05) is 6.92 Å². The van der Waals surface area contributed by atoms with Crippen molar-refractivity contribution in [3.63, 3.8) is 0 Å². The Morgan fingerprint density at radius 3 is 3.08 bits per heavy atom. The Hall–Kier alpha value is -2.87. The number of aryl methyl sites for hydroxylation is 1. The first-order valence-corrected chi connectivity index (χ1v) is 8.53. The molecule has 0 amide bonds. The summed E-state index contributed by atoms with van der Waals surface area (Å²) < 4.78 is 17.3. The lowest BCUT2D eigenvalue weighted by atomic mass is 10.2. The number of thiophene rings is 1. The molecule has 8 heteroatoms. The molecule has 0 aliphatic carbocycles. The molecule has 128 valence electrons. The number of benzene rings is 1. The Kier molecular flexibility index (Phi) is 3.89. The van der Waals surface area contributed by atoms with Crippen molar-refractivity contribution in [3.8, 4) is 17.2 Å². The summed E-state index contributed by atoms with van der Waals surface area (Å²) in [5.41, 5.74) is 0.539. The van der Waals surface area contributed by atoms with Crippen molar-refractivity contribution in [1.82, 2.24) is 9.66 Å². The number of aromatic nitrogens is 2. The molecule has 0 saturated heterocycles. The first kappa shape index (κ1) is 15.6. The van der Waals surface area contributed by atoms with Gasteiger partial charge in [-0.25, -0.2) is 4.98 Å². The molecule has 0 atom stereocenters. The van der Waals surface area contributed by atoms with Crippen LogP contribution in [0.4, 0.5) is 0 Å². The highest BCUT2D eigenvalue weighted by molar-refractivity contribution is 7.18. The second-order valence-electron chi connectivity index (χ2n) is 5.38. The fourth-order valence-electron chi connectivity index (χ4n) is 2.57. The van der Waals surface area contributed by atoms with Crippen LogP contribution < -0.4 is 19.8 Å². The van der Waals surface area contributed by atoms with E-state index in [1.54, 1.807) is 25.5 Å². The lowest BCUT2D eigenvalue weighted by Gasteiger charge is -2.05. The zero-order valence-electron chi connectivity index (χ0n) is 13.7. The van der Waals surface area contributed by atoms with Gasteiger partial charge in [-0.15, -0.1) is 11.3 Å². The van der Waals surface area contributed by atoms with Crippen molar-refractivity contribution >= 4 is 27.8 Å². The summed E-state index contributed by atoms with van der Waals surface area (Å²) in [6, 6.07) is 5.43. The smallest absolute Gasteiger partial charge is 0.282 e. The Morgan fingerprint density at radius 1 is 1.40 bits per heavy atom. The largest absolute Gasteiger partial charge is 0.493 e. The number of nitrogens with zero attached hydrogens (tertiary/aromatic N) is 3. The van der Waals surface area contributed by atoms with Gasteiger partial charge in [0.1, 0.15) is 11.2 Å². The van der Waals surface area contributed by atoms with E-state index in [-0.39, 0.29) is 12.4 Å². The highest BCUT2D eigenvalue weighted by Gasteiger charge is 2.19. The minimum absolute atomic E-state index is 0.157. The zero-order chi connectivity index (χ0) is 17.4. The maximum atomic E-state index is 12.5. The number of methoxy groups -OCH3 is 1. The van der Waals surface area contributed by atoms with E-state index in [0.717, 1.165) is 21.7 Å². The van der Waals surface area contributed by atoms with Gasteiger partial charge < -0.3 is 14.2 Å². The average molecular weight is 357 g/mol. The predicted molar refractivity (Wildman–Crippen MR) is 95.4 cm³/mol. The van der Waals surface area contributed by atoms with Crippen LogP contribution in [0.15, 0.2) is 34.4 Å². The van der Waals surface area contributed by atoms with Gasteiger partial charge in [0.05, 0.1) is 18.7 Å². The average Bonchev–Trinajstić information content (AvgIpc) is 3.27. The first-order valence-electron chi connectivity index (χ1n) is 7.71. The second kappa shape index (κ2) is 6.21. The van der Waals surface area contributed by atoms with Gasteiger partial charge in [0.2, 0.25) is 12.5 Å². The number of ether oxygens (including phenoxy) is 3. The Morgan fingerprint density at radius 2 is 2.28 bits per heavy atom. The van der Waals surface area contributed by atoms with Crippen molar-refractivity contribution in [2.45, 2.75) is 13.3 Å². The van der Waals surface area contributed by atoms with E-state index in [1.807, 2.05) is 6.07 Å². The van der Waals surface area contributed by atoms with Crippen LogP contribution in [0, 0.1) is 0 Å². The van der Waals surface area contributed by atoms with E-state index in [9.17, 15) is 4.79 Å². The molecule has 2 aromatic heterocycles. The Bertz CT molecular complexity index is 1040. The summed E-state index contributed by atoms with van der Waals surface area (Å²) in [5.74, 6) is 1.72. The monoisotopic (exact) mass is 357 g/mol. The van der Waals surface area contributed by atoms with Crippen molar-refractivity contribution in [3.05, 3.63) is 45.3 Å². The summed E-state index contributed by atoms with van der Waals surface area (Å²) in [5, 5.41) is 4.82. The Balaban J connectivity index is 1.71. The van der Waals surface area contributed by atoms with Crippen LogP contribution in [0.1, 0.15) is 17.4 Å². The molecule has 0 fully saturated rings. The molecule has 25 heavy (non-hydrogen) atoms. The Labute approximate surface area is 147 Å². The fraction of sp³-hybridized carbons (Fsp3) is 0.235. The van der Waals surface area contributed by atoms with E-state index in [1.165, 1.54) is 22.3 Å². The minimum Gasteiger partial charge on any atom is -0.493 e. The van der Waals surface area contributed by atoms with E-state index in [4.69, 9.17) is 14.2 Å². The van der Waals surface area contributed by atoms with Crippen molar-refractivity contribution in [2.75, 3.05) is 13.9 Å². The van der Waals surface area contributed by atoms with Crippen molar-refractivity contribution < 1.29 is 14.2 Å². The van der Waals surface area contributed by atoms with E-state index in [2.05, 4.69) is 17.0 Å². The van der Waals surface area contributed by atoms with Crippen LogP contribution in [-0.2, 0) is 6.42 Å². The molecule has 1 aliphatic rings. The molecule has 4 rings (SSSR count). The first-order chi connectivity index (χ1) is 12.2. The van der Waals surface area contributed by atoms with Crippen LogP contribution in [-0.4, -0.2) is 29.8 Å². The minimum atomic E-state index is -0.190. The normalized spacial score (nSPS) is 13.0. The van der Waals surface area contributed by atoms with Gasteiger partial charge in [-0.05, 0) is 24.6 Å². The molecule has 3 aromatic rings. The lowest BCUT2D eigenvalue weighted by Crippen LogP contribution is -2.16. The van der Waals surface area contributed by atoms with E-state index < -0.39 is 0 Å².